The summed E-state index contributed by atoms with van der Waals surface area (Å²) >= 11 is 4.71. The number of halogens is 1. The molecule has 0 N–H and O–H groups in total. The van der Waals surface area contributed by atoms with Crippen molar-refractivity contribution >= 4 is 37.4 Å². The maximum atomic E-state index is 11.5. The average molecular weight is 356 g/mol. The highest BCUT2D eigenvalue weighted by atomic mass is 79.9. The van der Waals surface area contributed by atoms with Gasteiger partial charge in [0.05, 0.1) is 10.6 Å². The Balaban J connectivity index is 2.24. The van der Waals surface area contributed by atoms with Crippen LogP contribution in [0.3, 0.4) is 0 Å². The molecule has 0 saturated carbocycles. The molecule has 8 heteroatoms. The number of aromatic nitrogens is 1. The van der Waals surface area contributed by atoms with Gasteiger partial charge in [0.1, 0.15) is 0 Å². The zero-order valence-electron chi connectivity index (χ0n) is 9.89. The van der Waals surface area contributed by atoms with Crippen molar-refractivity contribution in [2.24, 2.45) is 0 Å². The van der Waals surface area contributed by atoms with Gasteiger partial charge in [-0.2, -0.15) is 13.4 Å². The van der Waals surface area contributed by atoms with E-state index in [-0.39, 0.29) is 17.6 Å². The van der Waals surface area contributed by atoms with Crippen molar-refractivity contribution in [2.45, 2.75) is 25.7 Å². The second-order valence-electron chi connectivity index (χ2n) is 3.95. The van der Waals surface area contributed by atoms with E-state index in [1.807, 2.05) is 0 Å². The minimum absolute atomic E-state index is 0.0602. The number of hydrogen-bond acceptors (Lipinski definition) is 6. The summed E-state index contributed by atoms with van der Waals surface area (Å²) in [4.78, 5) is 5.00. The average Bonchev–Trinajstić information content (AvgIpc) is 2.70. The van der Waals surface area contributed by atoms with E-state index in [9.17, 15) is 8.42 Å². The Morgan fingerprint density at radius 2 is 2.17 bits per heavy atom. The normalized spacial score (nSPS) is 17.9. The summed E-state index contributed by atoms with van der Waals surface area (Å²) in [6.45, 7) is 2.94. The molecule has 1 aliphatic heterocycles. The van der Waals surface area contributed by atoms with Crippen molar-refractivity contribution < 1.29 is 17.3 Å². The number of hydrogen-bond donors (Lipinski definition) is 0. The standard InChI is InChI=1S/C10H14BrNO4S2/c1-2-18(13,14)16-9-8(17-10(11)12-9)7-3-5-15-6-4-7/h7H,2-6H2,1H3. The predicted molar refractivity (Wildman–Crippen MR) is 72.7 cm³/mol. The van der Waals surface area contributed by atoms with E-state index in [1.165, 1.54) is 11.3 Å². The van der Waals surface area contributed by atoms with Gasteiger partial charge in [0, 0.05) is 19.1 Å². The van der Waals surface area contributed by atoms with E-state index in [4.69, 9.17) is 8.92 Å². The topological polar surface area (TPSA) is 65.5 Å². The molecular formula is C10H14BrNO4S2. The highest BCUT2D eigenvalue weighted by Gasteiger charge is 2.26. The highest BCUT2D eigenvalue weighted by molar-refractivity contribution is 9.11. The number of thiazole rings is 1. The third-order valence-corrected chi connectivity index (χ3v) is 5.52. The minimum Gasteiger partial charge on any atom is -0.381 e. The van der Waals surface area contributed by atoms with Crippen LogP contribution < -0.4 is 4.18 Å². The fourth-order valence-electron chi connectivity index (χ4n) is 1.75. The first-order valence-electron chi connectivity index (χ1n) is 5.68. The molecule has 1 aromatic rings. The smallest absolute Gasteiger partial charge is 0.310 e. The summed E-state index contributed by atoms with van der Waals surface area (Å²) in [6, 6.07) is 0. The Bertz CT molecular complexity index is 508. The lowest BCUT2D eigenvalue weighted by atomic mass is 9.99. The van der Waals surface area contributed by atoms with Crippen LogP contribution >= 0.6 is 27.3 Å². The Morgan fingerprint density at radius 1 is 1.50 bits per heavy atom. The van der Waals surface area contributed by atoms with Crippen LogP contribution in [0, 0.1) is 0 Å². The fourth-order valence-corrected chi connectivity index (χ4v) is 3.86. The van der Waals surface area contributed by atoms with E-state index in [2.05, 4.69) is 20.9 Å². The lowest BCUT2D eigenvalue weighted by Crippen LogP contribution is -2.16. The molecule has 18 heavy (non-hydrogen) atoms. The van der Waals surface area contributed by atoms with Crippen LogP contribution in [0.2, 0.25) is 0 Å². The van der Waals surface area contributed by atoms with Crippen molar-refractivity contribution in [3.05, 3.63) is 8.79 Å². The maximum absolute atomic E-state index is 11.5. The van der Waals surface area contributed by atoms with Crippen molar-refractivity contribution in [3.63, 3.8) is 0 Å². The molecule has 0 bridgehead atoms. The third kappa shape index (κ3) is 3.43. The summed E-state index contributed by atoms with van der Waals surface area (Å²) in [6.07, 6.45) is 1.74. The molecule has 1 saturated heterocycles. The first-order chi connectivity index (χ1) is 8.52. The molecule has 0 spiro atoms. The molecule has 1 aliphatic rings. The van der Waals surface area contributed by atoms with Crippen LogP contribution in [-0.2, 0) is 14.9 Å². The van der Waals surface area contributed by atoms with Gasteiger partial charge in [0.15, 0.2) is 3.92 Å². The van der Waals surface area contributed by atoms with Gasteiger partial charge in [0.2, 0.25) is 5.88 Å². The molecule has 102 valence electrons. The van der Waals surface area contributed by atoms with Gasteiger partial charge in [-0.05, 0) is 35.7 Å². The summed E-state index contributed by atoms with van der Waals surface area (Å²) in [5.74, 6) is 0.431. The summed E-state index contributed by atoms with van der Waals surface area (Å²) in [5, 5.41) is 0. The van der Waals surface area contributed by atoms with Gasteiger partial charge < -0.3 is 8.92 Å². The first-order valence-corrected chi connectivity index (χ1v) is 8.86. The van der Waals surface area contributed by atoms with Gasteiger partial charge in [-0.25, -0.2) is 0 Å². The van der Waals surface area contributed by atoms with Crippen LogP contribution in [0.25, 0.3) is 0 Å². The molecule has 0 aromatic carbocycles. The monoisotopic (exact) mass is 355 g/mol. The SMILES string of the molecule is CCS(=O)(=O)Oc1nc(Br)sc1C1CCOCC1. The summed E-state index contributed by atoms with van der Waals surface area (Å²) in [5.41, 5.74) is 0. The molecule has 0 unspecified atom stereocenters. The van der Waals surface area contributed by atoms with E-state index in [0.29, 0.717) is 17.1 Å². The Hall–Kier alpha value is -0.180. The molecule has 1 fully saturated rings. The maximum Gasteiger partial charge on any atom is 0.310 e. The lowest BCUT2D eigenvalue weighted by molar-refractivity contribution is 0.0857. The second-order valence-corrected chi connectivity index (χ2v) is 8.12. The molecule has 5 nitrogen and oxygen atoms in total. The molecule has 2 rings (SSSR count). The number of ether oxygens (including phenoxy) is 1. The summed E-state index contributed by atoms with van der Waals surface area (Å²) < 4.78 is 34.0. The zero-order chi connectivity index (χ0) is 13.2. The van der Waals surface area contributed by atoms with Crippen LogP contribution in [0.5, 0.6) is 5.88 Å². The minimum atomic E-state index is -3.53. The molecule has 2 heterocycles. The van der Waals surface area contributed by atoms with Gasteiger partial charge in [-0.15, -0.1) is 11.3 Å². The second kappa shape index (κ2) is 5.85. The Kier molecular flexibility index (Phi) is 4.63. The van der Waals surface area contributed by atoms with Gasteiger partial charge in [-0.3, -0.25) is 0 Å². The molecule has 1 aromatic heterocycles. The number of rotatable bonds is 4. The van der Waals surface area contributed by atoms with Crippen molar-refractivity contribution in [3.8, 4) is 5.88 Å². The van der Waals surface area contributed by atoms with Gasteiger partial charge in [-0.1, -0.05) is 0 Å². The van der Waals surface area contributed by atoms with Crippen molar-refractivity contribution in [1.29, 1.82) is 0 Å². The number of nitrogens with zero attached hydrogens (tertiary/aromatic N) is 1. The van der Waals surface area contributed by atoms with Crippen molar-refractivity contribution in [1.82, 2.24) is 4.98 Å². The van der Waals surface area contributed by atoms with E-state index >= 15 is 0 Å². The molecule has 0 aliphatic carbocycles. The fraction of sp³-hybridized carbons (Fsp3) is 0.700. The largest absolute Gasteiger partial charge is 0.381 e. The molecule has 0 atom stereocenters. The van der Waals surface area contributed by atoms with Crippen molar-refractivity contribution in [2.75, 3.05) is 19.0 Å². The lowest BCUT2D eigenvalue weighted by Gasteiger charge is -2.21. The summed E-state index contributed by atoms with van der Waals surface area (Å²) in [7, 11) is -3.53. The highest BCUT2D eigenvalue weighted by Crippen LogP contribution is 2.40. The molecule has 0 radical (unpaired) electrons. The molecular weight excluding hydrogens is 342 g/mol. The van der Waals surface area contributed by atoms with E-state index < -0.39 is 10.1 Å². The van der Waals surface area contributed by atoms with Crippen LogP contribution in [-0.4, -0.2) is 32.4 Å². The van der Waals surface area contributed by atoms with Gasteiger partial charge in [0.25, 0.3) is 0 Å². The van der Waals surface area contributed by atoms with E-state index in [0.717, 1.165) is 17.7 Å². The van der Waals surface area contributed by atoms with E-state index in [1.54, 1.807) is 6.92 Å². The zero-order valence-corrected chi connectivity index (χ0v) is 13.1. The third-order valence-electron chi connectivity index (χ3n) is 2.75. The van der Waals surface area contributed by atoms with Gasteiger partial charge >= 0.3 is 10.1 Å². The first kappa shape index (κ1) is 14.2. The molecule has 0 amide bonds. The Morgan fingerprint density at radius 3 is 2.78 bits per heavy atom. The Labute approximate surface area is 119 Å². The van der Waals surface area contributed by atoms with Crippen LogP contribution in [0.1, 0.15) is 30.6 Å². The quantitative estimate of drug-likeness (QED) is 0.776. The predicted octanol–water partition coefficient (Wildman–Crippen LogP) is 2.53. The van der Waals surface area contributed by atoms with Crippen LogP contribution in [0.4, 0.5) is 0 Å². The van der Waals surface area contributed by atoms with Crippen LogP contribution in [0.15, 0.2) is 3.92 Å².